The highest BCUT2D eigenvalue weighted by Crippen LogP contribution is 2.28. The molecular weight excluding hydrogens is 422 g/mol. The maximum Gasteiger partial charge on any atom is 0.185 e. The molecule has 0 N–H and O–H groups in total. The third-order valence-electron chi connectivity index (χ3n) is 6.25. The summed E-state index contributed by atoms with van der Waals surface area (Å²) in [5.41, 5.74) is 6.36. The summed E-state index contributed by atoms with van der Waals surface area (Å²) in [6.07, 6.45) is 10.9. The Kier molecular flexibility index (Phi) is 6.30. The van der Waals surface area contributed by atoms with Crippen LogP contribution in [0.2, 0.25) is 0 Å². The number of ketones is 1. The lowest BCUT2D eigenvalue weighted by atomic mass is 10.1. The van der Waals surface area contributed by atoms with Gasteiger partial charge in [0.15, 0.2) is 5.78 Å². The second kappa shape index (κ2) is 9.84. The molecule has 0 spiro atoms. The van der Waals surface area contributed by atoms with Crippen molar-refractivity contribution in [1.82, 2.24) is 4.57 Å². The van der Waals surface area contributed by atoms with Gasteiger partial charge >= 0.3 is 0 Å². The third kappa shape index (κ3) is 4.81. The van der Waals surface area contributed by atoms with Crippen LogP contribution in [-0.4, -0.2) is 17.5 Å². The average molecular weight is 450 g/mol. The zero-order valence-electron chi connectivity index (χ0n) is 19.2. The highest BCUT2D eigenvalue weighted by atomic mass is 16.5. The van der Waals surface area contributed by atoms with E-state index in [1.807, 2.05) is 83.7 Å². The molecule has 1 aliphatic rings. The Morgan fingerprint density at radius 1 is 0.941 bits per heavy atom. The van der Waals surface area contributed by atoms with Gasteiger partial charge < -0.3 is 14.0 Å². The van der Waals surface area contributed by atoms with Crippen molar-refractivity contribution < 1.29 is 14.3 Å². The number of hydrogen-bond acceptors (Lipinski definition) is 3. The van der Waals surface area contributed by atoms with Gasteiger partial charge in [0.1, 0.15) is 18.1 Å². The molecule has 4 nitrogen and oxygen atoms in total. The summed E-state index contributed by atoms with van der Waals surface area (Å²) in [7, 11) is 1.66. The molecule has 0 saturated heterocycles. The Bertz CT molecular complexity index is 1320. The Labute approximate surface area is 200 Å². The molecule has 1 heterocycles. The van der Waals surface area contributed by atoms with E-state index in [9.17, 15) is 4.79 Å². The zero-order chi connectivity index (χ0) is 23.3. The summed E-state index contributed by atoms with van der Waals surface area (Å²) in [6, 6.07) is 23.8. The minimum absolute atomic E-state index is 0.0363. The van der Waals surface area contributed by atoms with Gasteiger partial charge in [-0.05, 0) is 103 Å². The van der Waals surface area contributed by atoms with Crippen molar-refractivity contribution in [2.24, 2.45) is 0 Å². The number of nitrogens with zero attached hydrogens (tertiary/aromatic N) is 1. The Hall–Kier alpha value is -4.05. The first-order chi connectivity index (χ1) is 16.7. The van der Waals surface area contributed by atoms with Gasteiger partial charge in [0, 0.05) is 29.2 Å². The number of aromatic nitrogens is 1. The average Bonchev–Trinajstić information content (AvgIpc) is 3.58. The number of carbonyl (C=O) groups excluding carboxylic acids is 1. The van der Waals surface area contributed by atoms with Crippen molar-refractivity contribution in [3.63, 3.8) is 0 Å². The topological polar surface area (TPSA) is 40.5 Å². The van der Waals surface area contributed by atoms with Crippen molar-refractivity contribution in [2.45, 2.75) is 25.9 Å². The van der Waals surface area contributed by atoms with Crippen LogP contribution >= 0.6 is 0 Å². The second-order valence-corrected chi connectivity index (χ2v) is 8.48. The number of aryl methyl sites for hydroxylation is 2. The van der Waals surface area contributed by atoms with Gasteiger partial charge in [-0.1, -0.05) is 18.2 Å². The fourth-order valence-corrected chi connectivity index (χ4v) is 4.39. The van der Waals surface area contributed by atoms with E-state index >= 15 is 0 Å². The molecule has 1 aliphatic carbocycles. The molecule has 0 amide bonds. The van der Waals surface area contributed by atoms with Gasteiger partial charge in [-0.2, -0.15) is 0 Å². The number of benzene rings is 3. The highest BCUT2D eigenvalue weighted by Gasteiger charge is 2.12. The molecule has 4 heteroatoms. The lowest BCUT2D eigenvalue weighted by Gasteiger charge is -2.12. The van der Waals surface area contributed by atoms with Crippen molar-refractivity contribution >= 4 is 11.9 Å². The molecule has 0 unspecified atom stereocenters. The smallest absolute Gasteiger partial charge is 0.185 e. The number of rotatable bonds is 8. The summed E-state index contributed by atoms with van der Waals surface area (Å²) in [6.45, 7) is 0.401. The summed E-state index contributed by atoms with van der Waals surface area (Å²) >= 11 is 0. The Morgan fingerprint density at radius 3 is 2.53 bits per heavy atom. The van der Waals surface area contributed by atoms with Crippen LogP contribution < -0.4 is 9.47 Å². The zero-order valence-corrected chi connectivity index (χ0v) is 19.2. The molecule has 1 aromatic heterocycles. The van der Waals surface area contributed by atoms with Crippen LogP contribution in [0.4, 0.5) is 0 Å². The first-order valence-corrected chi connectivity index (χ1v) is 11.6. The molecule has 170 valence electrons. The van der Waals surface area contributed by atoms with E-state index in [1.54, 1.807) is 13.2 Å². The molecule has 3 aromatic carbocycles. The van der Waals surface area contributed by atoms with Crippen LogP contribution in [0.3, 0.4) is 0 Å². The monoisotopic (exact) mass is 449 g/mol. The predicted molar refractivity (Wildman–Crippen MR) is 135 cm³/mol. The largest absolute Gasteiger partial charge is 0.496 e. The van der Waals surface area contributed by atoms with Crippen LogP contribution in [0.15, 0.2) is 91.3 Å². The summed E-state index contributed by atoms with van der Waals surface area (Å²) < 4.78 is 13.6. The minimum atomic E-state index is -0.0363. The molecule has 34 heavy (non-hydrogen) atoms. The van der Waals surface area contributed by atoms with Crippen molar-refractivity contribution in [3.8, 4) is 17.2 Å². The molecule has 0 bridgehead atoms. The number of methoxy groups -OCH3 is 1. The highest BCUT2D eigenvalue weighted by molar-refractivity contribution is 6.06. The maximum absolute atomic E-state index is 12.7. The first-order valence-electron chi connectivity index (χ1n) is 11.6. The molecule has 0 radical (unpaired) electrons. The standard InChI is InChI=1S/C30H27NO3/c1-33-30-16-8-22(19-26(30)21-34-28-14-11-23-5-4-6-25(23)20-28)7-15-29(32)24-9-12-27(13-10-24)31-17-2-3-18-31/h2-3,7-20H,4-6,21H2,1H3/b15-7+. The summed E-state index contributed by atoms with van der Waals surface area (Å²) in [4.78, 5) is 12.7. The molecule has 4 aromatic rings. The molecule has 0 fully saturated rings. The summed E-state index contributed by atoms with van der Waals surface area (Å²) in [5, 5.41) is 0. The predicted octanol–water partition coefficient (Wildman–Crippen LogP) is 6.45. The van der Waals surface area contributed by atoms with Crippen molar-refractivity contribution in [3.05, 3.63) is 119 Å². The second-order valence-electron chi connectivity index (χ2n) is 8.48. The van der Waals surface area contributed by atoms with E-state index in [0.29, 0.717) is 12.2 Å². The van der Waals surface area contributed by atoms with E-state index in [0.717, 1.165) is 41.2 Å². The van der Waals surface area contributed by atoms with E-state index in [-0.39, 0.29) is 5.78 Å². The SMILES string of the molecule is COc1ccc(/C=C/C(=O)c2ccc(-n3cccc3)cc2)cc1COc1ccc2c(c1)CCC2. The van der Waals surface area contributed by atoms with Gasteiger partial charge in [-0.25, -0.2) is 0 Å². The van der Waals surface area contributed by atoms with Crippen LogP contribution in [0.5, 0.6) is 11.5 Å². The molecular formula is C30H27NO3. The van der Waals surface area contributed by atoms with E-state index < -0.39 is 0 Å². The number of carbonyl (C=O) groups is 1. The number of ether oxygens (including phenoxy) is 2. The number of fused-ring (bicyclic) bond motifs is 1. The van der Waals surface area contributed by atoms with Crippen molar-refractivity contribution in [2.75, 3.05) is 7.11 Å². The number of hydrogen-bond donors (Lipinski definition) is 0. The van der Waals surface area contributed by atoms with Crippen molar-refractivity contribution in [1.29, 1.82) is 0 Å². The van der Waals surface area contributed by atoms with Gasteiger partial charge in [0.25, 0.3) is 0 Å². The van der Waals surface area contributed by atoms with Crippen LogP contribution in [0.25, 0.3) is 11.8 Å². The fourth-order valence-electron chi connectivity index (χ4n) is 4.39. The van der Waals surface area contributed by atoms with Gasteiger partial charge in [0.2, 0.25) is 0 Å². The van der Waals surface area contributed by atoms with Gasteiger partial charge in [0.05, 0.1) is 7.11 Å². The van der Waals surface area contributed by atoms with Crippen LogP contribution in [0, 0.1) is 0 Å². The van der Waals surface area contributed by atoms with E-state index in [4.69, 9.17) is 9.47 Å². The normalized spacial score (nSPS) is 12.6. The Balaban J connectivity index is 1.27. The van der Waals surface area contributed by atoms with Crippen LogP contribution in [0.1, 0.15) is 39.0 Å². The van der Waals surface area contributed by atoms with Gasteiger partial charge in [-0.3, -0.25) is 4.79 Å². The quantitative estimate of drug-likeness (QED) is 0.229. The molecule has 0 atom stereocenters. The van der Waals surface area contributed by atoms with Crippen LogP contribution in [-0.2, 0) is 19.4 Å². The number of allylic oxidation sites excluding steroid dienone is 1. The molecule has 0 aliphatic heterocycles. The Morgan fingerprint density at radius 2 is 1.74 bits per heavy atom. The molecule has 0 saturated carbocycles. The third-order valence-corrected chi connectivity index (χ3v) is 6.25. The minimum Gasteiger partial charge on any atom is -0.496 e. The van der Waals surface area contributed by atoms with E-state index in [2.05, 4.69) is 12.1 Å². The van der Waals surface area contributed by atoms with E-state index in [1.165, 1.54) is 17.5 Å². The maximum atomic E-state index is 12.7. The fraction of sp³-hybridized carbons (Fsp3) is 0.167. The lowest BCUT2D eigenvalue weighted by molar-refractivity contribution is 0.104. The molecule has 5 rings (SSSR count). The van der Waals surface area contributed by atoms with Gasteiger partial charge in [-0.15, -0.1) is 0 Å². The lowest BCUT2D eigenvalue weighted by Crippen LogP contribution is -2.00. The summed E-state index contributed by atoms with van der Waals surface area (Å²) in [5.74, 6) is 1.61. The first kappa shape index (κ1) is 21.8.